The van der Waals surface area contributed by atoms with Gasteiger partial charge in [0.1, 0.15) is 5.75 Å². The van der Waals surface area contributed by atoms with Crippen molar-refractivity contribution in [2.45, 2.75) is 4.90 Å². The summed E-state index contributed by atoms with van der Waals surface area (Å²) in [6.45, 7) is -0.536. The second-order valence-corrected chi connectivity index (χ2v) is 8.20. The van der Waals surface area contributed by atoms with Crippen LogP contribution in [0, 0.1) is 0 Å². The van der Waals surface area contributed by atoms with Crippen LogP contribution in [0.2, 0.25) is 0 Å². The molecule has 1 N–H and O–H groups in total. The molecule has 2 rings (SSSR count). The normalized spacial score (nSPS) is 11.4. The van der Waals surface area contributed by atoms with Crippen molar-refractivity contribution in [1.82, 2.24) is 4.31 Å². The number of esters is 1. The SMILES string of the molecule is COc1ccc(S(=O)(=O)N(C)C)cc1NC(=O)COC(=O)/C=C/c1ccccc1. The van der Waals surface area contributed by atoms with Gasteiger partial charge < -0.3 is 14.8 Å². The predicted molar refractivity (Wildman–Crippen MR) is 109 cm³/mol. The number of carbonyl (C=O) groups is 2. The van der Waals surface area contributed by atoms with E-state index in [4.69, 9.17) is 9.47 Å². The minimum Gasteiger partial charge on any atom is -0.495 e. The Balaban J connectivity index is 2.02. The van der Waals surface area contributed by atoms with Gasteiger partial charge >= 0.3 is 5.97 Å². The van der Waals surface area contributed by atoms with Crippen LogP contribution >= 0.6 is 0 Å². The van der Waals surface area contributed by atoms with Gasteiger partial charge in [0, 0.05) is 20.2 Å². The summed E-state index contributed by atoms with van der Waals surface area (Å²) in [5.41, 5.74) is 0.967. The second kappa shape index (κ2) is 9.85. The Labute approximate surface area is 169 Å². The lowest BCUT2D eigenvalue weighted by atomic mass is 10.2. The minimum absolute atomic E-state index is 0.0126. The number of rotatable bonds is 8. The van der Waals surface area contributed by atoms with Crippen LogP contribution in [0.3, 0.4) is 0 Å². The molecule has 0 fully saturated rings. The number of nitrogens with zero attached hydrogens (tertiary/aromatic N) is 1. The summed E-state index contributed by atoms with van der Waals surface area (Å²) in [6.07, 6.45) is 2.78. The van der Waals surface area contributed by atoms with Crippen LogP contribution in [0.25, 0.3) is 6.08 Å². The molecule has 0 bridgehead atoms. The fourth-order valence-electron chi connectivity index (χ4n) is 2.26. The molecule has 154 valence electrons. The topological polar surface area (TPSA) is 102 Å². The molecule has 9 heteroatoms. The van der Waals surface area contributed by atoms with Crippen LogP contribution in [-0.2, 0) is 24.3 Å². The summed E-state index contributed by atoms with van der Waals surface area (Å²) in [5, 5.41) is 2.49. The van der Waals surface area contributed by atoms with Crippen molar-refractivity contribution < 1.29 is 27.5 Å². The number of nitrogens with one attached hydrogen (secondary N) is 1. The standard InChI is InChI=1S/C20H22N2O6S/c1-22(2)29(25,26)16-10-11-18(27-3)17(13-16)21-19(23)14-28-20(24)12-9-15-7-5-4-6-8-15/h4-13H,14H2,1-3H3,(H,21,23)/b12-9+. The number of carbonyl (C=O) groups excluding carboxylic acids is 2. The zero-order valence-corrected chi connectivity index (χ0v) is 17.1. The highest BCUT2D eigenvalue weighted by Crippen LogP contribution is 2.28. The van der Waals surface area contributed by atoms with E-state index in [9.17, 15) is 18.0 Å². The molecule has 0 aliphatic heterocycles. The van der Waals surface area contributed by atoms with E-state index in [2.05, 4.69) is 5.32 Å². The number of ether oxygens (including phenoxy) is 2. The van der Waals surface area contributed by atoms with E-state index in [-0.39, 0.29) is 16.3 Å². The Morgan fingerprint density at radius 3 is 2.41 bits per heavy atom. The molecule has 2 aromatic rings. The van der Waals surface area contributed by atoms with Crippen molar-refractivity contribution in [2.24, 2.45) is 0 Å². The van der Waals surface area contributed by atoms with Crippen molar-refractivity contribution in [3.63, 3.8) is 0 Å². The van der Waals surface area contributed by atoms with Crippen molar-refractivity contribution in [2.75, 3.05) is 33.1 Å². The maximum atomic E-state index is 12.3. The van der Waals surface area contributed by atoms with E-state index in [1.54, 1.807) is 6.08 Å². The molecule has 0 radical (unpaired) electrons. The van der Waals surface area contributed by atoms with E-state index < -0.39 is 28.5 Å². The molecule has 8 nitrogen and oxygen atoms in total. The van der Waals surface area contributed by atoms with Crippen molar-refractivity contribution in [3.8, 4) is 5.75 Å². The molecular formula is C20H22N2O6S. The average Bonchev–Trinajstić information content (AvgIpc) is 2.71. The van der Waals surface area contributed by atoms with Gasteiger partial charge in [0.2, 0.25) is 10.0 Å². The van der Waals surface area contributed by atoms with Crippen molar-refractivity contribution in [3.05, 3.63) is 60.2 Å². The summed E-state index contributed by atoms with van der Waals surface area (Å²) in [7, 11) is 0.507. The zero-order valence-electron chi connectivity index (χ0n) is 16.3. The summed E-state index contributed by atoms with van der Waals surface area (Å²) in [6, 6.07) is 13.2. The third kappa shape index (κ3) is 6.16. The molecule has 1 amide bonds. The van der Waals surface area contributed by atoms with Gasteiger partial charge in [-0.25, -0.2) is 17.5 Å². The molecular weight excluding hydrogens is 396 g/mol. The van der Waals surface area contributed by atoms with Gasteiger partial charge in [-0.3, -0.25) is 4.79 Å². The fraction of sp³-hybridized carbons (Fsp3) is 0.200. The first-order valence-electron chi connectivity index (χ1n) is 8.54. The maximum Gasteiger partial charge on any atom is 0.331 e. The van der Waals surface area contributed by atoms with Crippen LogP contribution in [0.1, 0.15) is 5.56 Å². The van der Waals surface area contributed by atoms with Gasteiger partial charge in [-0.15, -0.1) is 0 Å². The second-order valence-electron chi connectivity index (χ2n) is 6.05. The number of benzene rings is 2. The molecule has 0 saturated carbocycles. The van der Waals surface area contributed by atoms with Gasteiger partial charge in [0.15, 0.2) is 6.61 Å². The van der Waals surface area contributed by atoms with Gasteiger partial charge in [0.25, 0.3) is 5.91 Å². The maximum absolute atomic E-state index is 12.3. The molecule has 0 aliphatic carbocycles. The van der Waals surface area contributed by atoms with E-state index in [0.29, 0.717) is 0 Å². The monoisotopic (exact) mass is 418 g/mol. The fourth-order valence-corrected chi connectivity index (χ4v) is 3.18. The lowest BCUT2D eigenvalue weighted by molar-refractivity contribution is -0.142. The number of hydrogen-bond acceptors (Lipinski definition) is 6. The Bertz CT molecular complexity index is 1000. The van der Waals surface area contributed by atoms with Gasteiger partial charge in [-0.2, -0.15) is 0 Å². The quantitative estimate of drug-likeness (QED) is 0.521. The largest absolute Gasteiger partial charge is 0.495 e. The Kier molecular flexibility index (Phi) is 7.52. The lowest BCUT2D eigenvalue weighted by Gasteiger charge is -2.15. The van der Waals surface area contributed by atoms with Crippen LogP contribution in [-0.4, -0.2) is 52.4 Å². The molecule has 0 unspecified atom stereocenters. The molecule has 0 aliphatic rings. The number of amides is 1. The van der Waals surface area contributed by atoms with Crippen molar-refractivity contribution in [1.29, 1.82) is 0 Å². The number of methoxy groups -OCH3 is 1. The Hall–Kier alpha value is -3.17. The predicted octanol–water partition coefficient (Wildman–Crippen LogP) is 2.14. The molecule has 2 aromatic carbocycles. The number of hydrogen-bond donors (Lipinski definition) is 1. The summed E-state index contributed by atoms with van der Waals surface area (Å²) >= 11 is 0. The van der Waals surface area contributed by atoms with Gasteiger partial charge in [-0.1, -0.05) is 30.3 Å². The van der Waals surface area contributed by atoms with E-state index in [1.165, 1.54) is 45.5 Å². The highest BCUT2D eigenvalue weighted by Gasteiger charge is 2.20. The molecule has 0 spiro atoms. The van der Waals surface area contributed by atoms with E-state index >= 15 is 0 Å². The minimum atomic E-state index is -3.69. The molecule has 0 heterocycles. The van der Waals surface area contributed by atoms with Gasteiger partial charge in [0.05, 0.1) is 17.7 Å². The molecule has 0 aromatic heterocycles. The van der Waals surface area contributed by atoms with Crippen LogP contribution in [0.5, 0.6) is 5.75 Å². The first-order chi connectivity index (χ1) is 13.7. The van der Waals surface area contributed by atoms with Crippen molar-refractivity contribution >= 4 is 33.7 Å². The van der Waals surface area contributed by atoms with Gasteiger partial charge in [-0.05, 0) is 29.8 Å². The summed E-state index contributed by atoms with van der Waals surface area (Å²) in [5.74, 6) is -1.05. The molecule has 0 saturated heterocycles. The smallest absolute Gasteiger partial charge is 0.331 e. The average molecular weight is 418 g/mol. The van der Waals surface area contributed by atoms with E-state index in [1.807, 2.05) is 30.3 Å². The highest BCUT2D eigenvalue weighted by molar-refractivity contribution is 7.89. The third-order valence-corrected chi connectivity index (χ3v) is 5.59. The first kappa shape index (κ1) is 22.1. The third-order valence-electron chi connectivity index (χ3n) is 3.78. The molecule has 29 heavy (non-hydrogen) atoms. The Morgan fingerprint density at radius 2 is 1.79 bits per heavy atom. The number of sulfonamides is 1. The Morgan fingerprint density at radius 1 is 1.10 bits per heavy atom. The van der Waals surface area contributed by atoms with Crippen LogP contribution in [0.4, 0.5) is 5.69 Å². The van der Waals surface area contributed by atoms with Crippen LogP contribution in [0.15, 0.2) is 59.5 Å². The highest BCUT2D eigenvalue weighted by atomic mass is 32.2. The lowest BCUT2D eigenvalue weighted by Crippen LogP contribution is -2.23. The zero-order chi connectivity index (χ0) is 21.4. The van der Waals surface area contributed by atoms with E-state index in [0.717, 1.165) is 9.87 Å². The molecule has 0 atom stereocenters. The summed E-state index contributed by atoms with van der Waals surface area (Å²) in [4.78, 5) is 23.9. The number of anilines is 1. The first-order valence-corrected chi connectivity index (χ1v) is 9.98. The van der Waals surface area contributed by atoms with Crippen LogP contribution < -0.4 is 10.1 Å². The summed E-state index contributed by atoms with van der Waals surface area (Å²) < 4.78 is 35.6.